The molecule has 4 rings (SSSR count). The van der Waals surface area contributed by atoms with Gasteiger partial charge in [-0.1, -0.05) is 11.6 Å². The first-order chi connectivity index (χ1) is 14.3. The number of aromatic nitrogens is 4. The number of hydrogen-bond donors (Lipinski definition) is 1. The van der Waals surface area contributed by atoms with Gasteiger partial charge < -0.3 is 14.6 Å². The second-order valence-electron chi connectivity index (χ2n) is 7.67. The molecule has 0 saturated carbocycles. The second-order valence-corrected chi connectivity index (χ2v) is 7.67. The van der Waals surface area contributed by atoms with E-state index in [4.69, 9.17) is 19.7 Å². The predicted molar refractivity (Wildman–Crippen MR) is 112 cm³/mol. The number of ether oxygens (including phenoxy) is 2. The standard InChI is InChI=1S/C22H30N4O3/c1-17-7-8-20-19(14-17)22(24-26(20)21-6-2-4-12-29-21)18-15-23-25(16-18)9-13-28-11-5-3-10-27/h7-8,14-16,21,27H,2-6,9-13H2,1H3. The lowest BCUT2D eigenvalue weighted by Gasteiger charge is -2.23. The average molecular weight is 399 g/mol. The summed E-state index contributed by atoms with van der Waals surface area (Å²) in [6.07, 6.45) is 8.87. The van der Waals surface area contributed by atoms with Crippen LogP contribution in [0.4, 0.5) is 0 Å². The van der Waals surface area contributed by atoms with Gasteiger partial charge in [-0.05, 0) is 51.2 Å². The van der Waals surface area contributed by atoms with Gasteiger partial charge in [0, 0.05) is 37.0 Å². The first-order valence-electron chi connectivity index (χ1n) is 10.6. The summed E-state index contributed by atoms with van der Waals surface area (Å²) in [4.78, 5) is 0. The normalized spacial score (nSPS) is 17.2. The highest BCUT2D eigenvalue weighted by atomic mass is 16.5. The maximum absolute atomic E-state index is 8.80. The van der Waals surface area contributed by atoms with E-state index in [2.05, 4.69) is 30.2 Å². The highest BCUT2D eigenvalue weighted by Gasteiger charge is 2.22. The first kappa shape index (κ1) is 20.1. The van der Waals surface area contributed by atoms with E-state index in [0.29, 0.717) is 19.8 Å². The lowest BCUT2D eigenvalue weighted by molar-refractivity contribution is -0.0365. The van der Waals surface area contributed by atoms with E-state index in [1.165, 1.54) is 12.0 Å². The van der Waals surface area contributed by atoms with Crippen LogP contribution in [0.15, 0.2) is 30.6 Å². The van der Waals surface area contributed by atoms with Gasteiger partial charge in [-0.3, -0.25) is 4.68 Å². The number of fused-ring (bicyclic) bond motifs is 1. The molecular formula is C22H30N4O3. The van der Waals surface area contributed by atoms with Gasteiger partial charge in [0.25, 0.3) is 0 Å². The Hall–Kier alpha value is -2.22. The monoisotopic (exact) mass is 398 g/mol. The average Bonchev–Trinajstić information content (AvgIpc) is 3.35. The second kappa shape index (κ2) is 9.52. The molecule has 0 amide bonds. The molecule has 1 unspecified atom stereocenters. The molecule has 7 nitrogen and oxygen atoms in total. The summed E-state index contributed by atoms with van der Waals surface area (Å²) in [5.74, 6) is 0. The highest BCUT2D eigenvalue weighted by molar-refractivity contribution is 5.93. The number of nitrogens with zero attached hydrogens (tertiary/aromatic N) is 4. The molecular weight excluding hydrogens is 368 g/mol. The molecule has 0 radical (unpaired) electrons. The Morgan fingerprint density at radius 2 is 2.17 bits per heavy atom. The molecule has 0 bridgehead atoms. The number of benzene rings is 1. The van der Waals surface area contributed by atoms with Crippen LogP contribution in [0.2, 0.25) is 0 Å². The Bertz CT molecular complexity index is 927. The molecule has 3 heterocycles. The van der Waals surface area contributed by atoms with Crippen LogP contribution in [0.5, 0.6) is 0 Å². The Morgan fingerprint density at radius 3 is 3.00 bits per heavy atom. The summed E-state index contributed by atoms with van der Waals surface area (Å²) in [5, 5.41) is 19.4. The van der Waals surface area contributed by atoms with Crippen molar-refractivity contribution in [1.82, 2.24) is 19.6 Å². The summed E-state index contributed by atoms with van der Waals surface area (Å²) >= 11 is 0. The number of aryl methyl sites for hydroxylation is 1. The van der Waals surface area contributed by atoms with Gasteiger partial charge in [0.1, 0.15) is 5.69 Å². The number of unbranched alkanes of at least 4 members (excludes halogenated alkanes) is 1. The molecule has 1 fully saturated rings. The van der Waals surface area contributed by atoms with E-state index in [-0.39, 0.29) is 12.8 Å². The first-order valence-corrected chi connectivity index (χ1v) is 10.6. The number of aliphatic hydroxyl groups excluding tert-OH is 1. The van der Waals surface area contributed by atoms with Crippen molar-refractivity contribution in [3.8, 4) is 11.3 Å². The van der Waals surface area contributed by atoms with Crippen molar-refractivity contribution in [2.75, 3.05) is 26.4 Å². The quantitative estimate of drug-likeness (QED) is 0.557. The van der Waals surface area contributed by atoms with Crippen LogP contribution < -0.4 is 0 Å². The SMILES string of the molecule is Cc1ccc2c(c1)c(-c1cnn(CCOCCCCO)c1)nn2C1CCCCO1. The van der Waals surface area contributed by atoms with Crippen LogP contribution in [0.3, 0.4) is 0 Å². The van der Waals surface area contributed by atoms with E-state index in [1.54, 1.807) is 0 Å². The molecule has 7 heteroatoms. The van der Waals surface area contributed by atoms with Gasteiger partial charge in [-0.15, -0.1) is 0 Å². The summed E-state index contributed by atoms with van der Waals surface area (Å²) in [5.41, 5.74) is 4.28. The Morgan fingerprint density at radius 1 is 1.24 bits per heavy atom. The lowest BCUT2D eigenvalue weighted by atomic mass is 10.1. The van der Waals surface area contributed by atoms with Crippen molar-refractivity contribution < 1.29 is 14.6 Å². The fourth-order valence-corrected chi connectivity index (χ4v) is 3.79. The fraction of sp³-hybridized carbons (Fsp3) is 0.545. The summed E-state index contributed by atoms with van der Waals surface area (Å²) in [7, 11) is 0. The minimum absolute atomic E-state index is 0.00470. The van der Waals surface area contributed by atoms with Gasteiger partial charge in [0.05, 0.1) is 24.9 Å². The lowest BCUT2D eigenvalue weighted by Crippen LogP contribution is -2.19. The van der Waals surface area contributed by atoms with Crippen LogP contribution in [0, 0.1) is 6.92 Å². The zero-order valence-corrected chi connectivity index (χ0v) is 17.1. The van der Waals surface area contributed by atoms with Crippen LogP contribution >= 0.6 is 0 Å². The minimum Gasteiger partial charge on any atom is -0.396 e. The van der Waals surface area contributed by atoms with Gasteiger partial charge in [-0.25, -0.2) is 4.68 Å². The third-order valence-corrected chi connectivity index (χ3v) is 5.36. The number of aliphatic hydroxyl groups is 1. The molecule has 1 N–H and O–H groups in total. The van der Waals surface area contributed by atoms with E-state index in [1.807, 2.05) is 21.8 Å². The topological polar surface area (TPSA) is 74.3 Å². The van der Waals surface area contributed by atoms with Crippen molar-refractivity contribution >= 4 is 10.9 Å². The van der Waals surface area contributed by atoms with E-state index < -0.39 is 0 Å². The molecule has 1 aliphatic rings. The molecule has 1 saturated heterocycles. The summed E-state index contributed by atoms with van der Waals surface area (Å²) in [6.45, 7) is 5.10. The zero-order valence-electron chi connectivity index (χ0n) is 17.1. The molecule has 0 aliphatic carbocycles. The van der Waals surface area contributed by atoms with E-state index >= 15 is 0 Å². The van der Waals surface area contributed by atoms with Gasteiger partial charge >= 0.3 is 0 Å². The maximum atomic E-state index is 8.80. The summed E-state index contributed by atoms with van der Waals surface area (Å²) < 4.78 is 15.6. The third kappa shape index (κ3) is 4.69. The van der Waals surface area contributed by atoms with Crippen LogP contribution in [0.25, 0.3) is 22.2 Å². The van der Waals surface area contributed by atoms with Crippen LogP contribution in [0.1, 0.15) is 43.9 Å². The zero-order chi connectivity index (χ0) is 20.1. The molecule has 1 atom stereocenters. The van der Waals surface area contributed by atoms with E-state index in [0.717, 1.165) is 54.5 Å². The molecule has 2 aromatic heterocycles. The van der Waals surface area contributed by atoms with Crippen LogP contribution in [-0.4, -0.2) is 51.1 Å². The van der Waals surface area contributed by atoms with Crippen molar-refractivity contribution in [3.63, 3.8) is 0 Å². The van der Waals surface area contributed by atoms with Gasteiger partial charge in [0.15, 0.2) is 6.23 Å². The third-order valence-electron chi connectivity index (χ3n) is 5.36. The van der Waals surface area contributed by atoms with Crippen molar-refractivity contribution in [2.24, 2.45) is 0 Å². The Labute approximate surface area is 171 Å². The van der Waals surface area contributed by atoms with E-state index in [9.17, 15) is 0 Å². The Balaban J connectivity index is 1.53. The van der Waals surface area contributed by atoms with Crippen LogP contribution in [-0.2, 0) is 16.0 Å². The van der Waals surface area contributed by atoms with Crippen molar-refractivity contribution in [3.05, 3.63) is 36.2 Å². The molecule has 1 aliphatic heterocycles. The molecule has 0 spiro atoms. The molecule has 1 aromatic carbocycles. The fourth-order valence-electron chi connectivity index (χ4n) is 3.79. The molecule has 3 aromatic rings. The molecule has 29 heavy (non-hydrogen) atoms. The minimum atomic E-state index is 0.00470. The number of hydrogen-bond acceptors (Lipinski definition) is 5. The predicted octanol–water partition coefficient (Wildman–Crippen LogP) is 3.70. The number of rotatable bonds is 9. The van der Waals surface area contributed by atoms with Gasteiger partial charge in [0.2, 0.25) is 0 Å². The largest absolute Gasteiger partial charge is 0.396 e. The van der Waals surface area contributed by atoms with Gasteiger partial charge in [-0.2, -0.15) is 10.2 Å². The Kier molecular flexibility index (Phi) is 6.59. The van der Waals surface area contributed by atoms with Crippen molar-refractivity contribution in [2.45, 2.75) is 51.8 Å². The maximum Gasteiger partial charge on any atom is 0.150 e. The molecule has 156 valence electrons. The summed E-state index contributed by atoms with van der Waals surface area (Å²) in [6, 6.07) is 6.47. The van der Waals surface area contributed by atoms with Crippen molar-refractivity contribution in [1.29, 1.82) is 0 Å². The highest BCUT2D eigenvalue weighted by Crippen LogP contribution is 2.33. The smallest absolute Gasteiger partial charge is 0.150 e.